The summed E-state index contributed by atoms with van der Waals surface area (Å²) in [6.07, 6.45) is 0.827. The molecular weight excluding hydrogens is 535 g/mol. The van der Waals surface area contributed by atoms with E-state index in [9.17, 15) is 0 Å². The Balaban J connectivity index is 0.00000544. The third-order valence-corrected chi connectivity index (χ3v) is 5.26. The average Bonchev–Trinajstić information content (AvgIpc) is 2.82. The molecule has 2 aromatic carbocycles. The minimum absolute atomic E-state index is 0. The molecular formula is C24H37IN4O4. The highest BCUT2D eigenvalue weighted by molar-refractivity contribution is 14.0. The van der Waals surface area contributed by atoms with Crippen molar-refractivity contribution >= 4 is 29.9 Å². The molecule has 0 amide bonds. The van der Waals surface area contributed by atoms with Crippen molar-refractivity contribution in [1.82, 2.24) is 15.5 Å². The Bertz CT molecular complexity index is 893. The number of aliphatic imine (C=N–C) groups is 1. The Morgan fingerprint density at radius 1 is 0.848 bits per heavy atom. The van der Waals surface area contributed by atoms with Crippen LogP contribution in [0.2, 0.25) is 0 Å². The fourth-order valence-corrected chi connectivity index (χ4v) is 3.43. The van der Waals surface area contributed by atoms with Gasteiger partial charge in [-0.3, -0.25) is 4.99 Å². The predicted octanol–water partition coefficient (Wildman–Crippen LogP) is 3.35. The number of hydrogen-bond acceptors (Lipinski definition) is 6. The first-order chi connectivity index (χ1) is 15.5. The van der Waals surface area contributed by atoms with E-state index in [1.54, 1.807) is 35.5 Å². The number of benzene rings is 2. The second-order valence-corrected chi connectivity index (χ2v) is 7.41. The van der Waals surface area contributed by atoms with Gasteiger partial charge < -0.3 is 34.5 Å². The van der Waals surface area contributed by atoms with Crippen LogP contribution >= 0.6 is 24.0 Å². The second-order valence-electron chi connectivity index (χ2n) is 7.41. The van der Waals surface area contributed by atoms with Crippen LogP contribution in [0.15, 0.2) is 41.4 Å². The van der Waals surface area contributed by atoms with Gasteiger partial charge >= 0.3 is 0 Å². The van der Waals surface area contributed by atoms with Gasteiger partial charge in [-0.15, -0.1) is 24.0 Å². The molecule has 9 heteroatoms. The first-order valence-electron chi connectivity index (χ1n) is 10.5. The first-order valence-corrected chi connectivity index (χ1v) is 10.5. The second kappa shape index (κ2) is 14.7. The van der Waals surface area contributed by atoms with Gasteiger partial charge in [0.05, 0.1) is 34.5 Å². The number of ether oxygens (including phenoxy) is 4. The summed E-state index contributed by atoms with van der Waals surface area (Å²) in [6.45, 7) is 1.41. The fraction of sp³-hybridized carbons (Fsp3) is 0.458. The number of nitrogens with one attached hydrogen (secondary N) is 2. The summed E-state index contributed by atoms with van der Waals surface area (Å²) in [6, 6.07) is 12.1. The summed E-state index contributed by atoms with van der Waals surface area (Å²) >= 11 is 0. The van der Waals surface area contributed by atoms with Gasteiger partial charge in [0.25, 0.3) is 0 Å². The lowest BCUT2D eigenvalue weighted by atomic mass is 10.1. The van der Waals surface area contributed by atoms with Crippen molar-refractivity contribution in [2.24, 2.45) is 4.99 Å². The maximum Gasteiger partial charge on any atom is 0.191 e. The van der Waals surface area contributed by atoms with Crippen molar-refractivity contribution in [3.63, 3.8) is 0 Å². The molecule has 33 heavy (non-hydrogen) atoms. The van der Waals surface area contributed by atoms with E-state index in [4.69, 9.17) is 18.9 Å². The van der Waals surface area contributed by atoms with Crippen LogP contribution in [0.5, 0.6) is 23.0 Å². The molecule has 0 bridgehead atoms. The minimum Gasteiger partial charge on any atom is -0.493 e. The van der Waals surface area contributed by atoms with E-state index >= 15 is 0 Å². The van der Waals surface area contributed by atoms with Crippen LogP contribution in [0.4, 0.5) is 0 Å². The topological polar surface area (TPSA) is 76.6 Å². The van der Waals surface area contributed by atoms with Gasteiger partial charge in [-0.25, -0.2) is 0 Å². The van der Waals surface area contributed by atoms with Crippen molar-refractivity contribution in [3.8, 4) is 23.0 Å². The molecule has 2 aromatic rings. The molecule has 0 spiro atoms. The SMILES string of the molecule is CN=C(NCCc1ccc(OC)c(OC)c1)NCC(c1ccc(OC)c(OC)c1)N(C)C.I. The number of hydrogen-bond donors (Lipinski definition) is 2. The third-order valence-electron chi connectivity index (χ3n) is 5.26. The molecule has 0 aliphatic rings. The molecule has 0 heterocycles. The summed E-state index contributed by atoms with van der Waals surface area (Å²) in [5, 5.41) is 6.80. The summed E-state index contributed by atoms with van der Waals surface area (Å²) < 4.78 is 21.5. The molecule has 2 N–H and O–H groups in total. The van der Waals surface area contributed by atoms with Crippen LogP contribution in [0, 0.1) is 0 Å². The van der Waals surface area contributed by atoms with Crippen LogP contribution in [0.3, 0.4) is 0 Å². The van der Waals surface area contributed by atoms with E-state index in [2.05, 4.69) is 40.7 Å². The number of methoxy groups -OCH3 is 4. The smallest absolute Gasteiger partial charge is 0.191 e. The molecule has 0 aromatic heterocycles. The summed E-state index contributed by atoms with van der Waals surface area (Å²) in [5.41, 5.74) is 2.28. The molecule has 184 valence electrons. The normalized spacial score (nSPS) is 11.9. The Labute approximate surface area is 214 Å². The standard InChI is InChI=1S/C24H36N4O4.HI/c1-25-24(26-13-12-17-8-10-20(29-4)22(14-17)31-6)27-16-19(28(2)3)18-9-11-21(30-5)23(15-18)32-7;/h8-11,14-15,19H,12-13,16H2,1-7H3,(H2,25,26,27);1H. The predicted molar refractivity (Wildman–Crippen MR) is 144 cm³/mol. The molecule has 1 atom stereocenters. The maximum atomic E-state index is 5.46. The lowest BCUT2D eigenvalue weighted by Gasteiger charge is -2.26. The van der Waals surface area contributed by atoms with Gasteiger partial charge in [0.1, 0.15) is 0 Å². The zero-order valence-electron chi connectivity index (χ0n) is 20.6. The summed E-state index contributed by atoms with van der Waals surface area (Å²) in [5.74, 6) is 3.64. The molecule has 0 saturated carbocycles. The molecule has 0 aliphatic heterocycles. The van der Waals surface area contributed by atoms with Crippen molar-refractivity contribution in [1.29, 1.82) is 0 Å². The number of likely N-dealkylation sites (N-methyl/N-ethyl adjacent to an activating group) is 1. The van der Waals surface area contributed by atoms with Gasteiger partial charge in [0.2, 0.25) is 0 Å². The molecule has 0 radical (unpaired) electrons. The van der Waals surface area contributed by atoms with Gasteiger partial charge in [-0.2, -0.15) is 0 Å². The quantitative estimate of drug-likeness (QED) is 0.243. The number of nitrogens with zero attached hydrogens (tertiary/aromatic N) is 2. The minimum atomic E-state index is 0. The fourth-order valence-electron chi connectivity index (χ4n) is 3.43. The number of halogens is 1. The highest BCUT2D eigenvalue weighted by Gasteiger charge is 2.17. The number of guanidine groups is 1. The molecule has 0 fully saturated rings. The Hall–Kier alpha value is -2.40. The van der Waals surface area contributed by atoms with Gasteiger partial charge in [0, 0.05) is 20.1 Å². The molecule has 0 aliphatic carbocycles. The van der Waals surface area contributed by atoms with E-state index < -0.39 is 0 Å². The van der Waals surface area contributed by atoms with Crippen LogP contribution in [0.1, 0.15) is 17.2 Å². The highest BCUT2D eigenvalue weighted by atomic mass is 127. The lowest BCUT2D eigenvalue weighted by molar-refractivity contribution is 0.295. The molecule has 1 unspecified atom stereocenters. The molecule has 0 saturated heterocycles. The van der Waals surface area contributed by atoms with Crippen LogP contribution in [-0.2, 0) is 6.42 Å². The average molecular weight is 572 g/mol. The summed E-state index contributed by atoms with van der Waals surface area (Å²) in [7, 11) is 12.4. The third kappa shape index (κ3) is 8.15. The highest BCUT2D eigenvalue weighted by Crippen LogP contribution is 2.31. The number of rotatable bonds is 11. The van der Waals surface area contributed by atoms with E-state index in [0.29, 0.717) is 18.0 Å². The van der Waals surface area contributed by atoms with Gasteiger partial charge in [-0.05, 0) is 55.9 Å². The largest absolute Gasteiger partial charge is 0.493 e. The lowest BCUT2D eigenvalue weighted by Crippen LogP contribution is -2.42. The van der Waals surface area contributed by atoms with Gasteiger partial charge in [0.15, 0.2) is 29.0 Å². The van der Waals surface area contributed by atoms with Crippen LogP contribution < -0.4 is 29.6 Å². The first kappa shape index (κ1) is 28.6. The van der Waals surface area contributed by atoms with Crippen LogP contribution in [-0.4, -0.2) is 73.5 Å². The summed E-state index contributed by atoms with van der Waals surface area (Å²) in [4.78, 5) is 6.51. The van der Waals surface area contributed by atoms with E-state index in [-0.39, 0.29) is 30.0 Å². The Kier molecular flexibility index (Phi) is 12.7. The van der Waals surface area contributed by atoms with Gasteiger partial charge in [-0.1, -0.05) is 12.1 Å². The van der Waals surface area contributed by atoms with Crippen molar-refractivity contribution < 1.29 is 18.9 Å². The zero-order valence-corrected chi connectivity index (χ0v) is 22.9. The Morgan fingerprint density at radius 2 is 1.42 bits per heavy atom. The van der Waals surface area contributed by atoms with E-state index in [1.165, 1.54) is 0 Å². The molecule has 8 nitrogen and oxygen atoms in total. The molecule has 2 rings (SSSR count). The van der Waals surface area contributed by atoms with Crippen molar-refractivity contribution in [3.05, 3.63) is 47.5 Å². The maximum absolute atomic E-state index is 5.46. The Morgan fingerprint density at radius 3 is 1.97 bits per heavy atom. The van der Waals surface area contributed by atoms with Crippen LogP contribution in [0.25, 0.3) is 0 Å². The van der Waals surface area contributed by atoms with E-state index in [0.717, 1.165) is 41.6 Å². The van der Waals surface area contributed by atoms with E-state index in [1.807, 2.05) is 30.3 Å². The zero-order chi connectivity index (χ0) is 23.5. The van der Waals surface area contributed by atoms with Crippen molar-refractivity contribution in [2.75, 3.05) is 62.7 Å². The monoisotopic (exact) mass is 572 g/mol. The van der Waals surface area contributed by atoms with Crippen molar-refractivity contribution in [2.45, 2.75) is 12.5 Å².